The van der Waals surface area contributed by atoms with Gasteiger partial charge in [-0.25, -0.2) is 4.79 Å². The molecule has 0 aromatic heterocycles. The number of aliphatic imine (C=N–C) groups is 2. The Labute approximate surface area is 265 Å². The van der Waals surface area contributed by atoms with Crippen LogP contribution in [0.15, 0.2) is 76.2 Å². The molecule has 232 valence electrons. The molecule has 0 fully saturated rings. The van der Waals surface area contributed by atoms with Gasteiger partial charge >= 0.3 is 12.0 Å². The number of nitrogens with one attached hydrogen (secondary N) is 2. The van der Waals surface area contributed by atoms with Crippen molar-refractivity contribution in [1.82, 2.24) is 15.5 Å². The zero-order chi connectivity index (χ0) is 33.1. The largest absolute Gasteiger partial charge is 0.478 e. The summed E-state index contributed by atoms with van der Waals surface area (Å²) in [6.07, 6.45) is 0. The number of fused-ring (bicyclic) bond motifs is 1. The molecular weight excluding hydrogens is 622 g/mol. The number of halogens is 1. The van der Waals surface area contributed by atoms with Crippen molar-refractivity contribution in [3.63, 3.8) is 0 Å². The number of hydrogen-bond acceptors (Lipinski definition) is 11. The van der Waals surface area contributed by atoms with E-state index in [4.69, 9.17) is 31.5 Å². The minimum absolute atomic E-state index is 0.0427. The number of para-hydroxylation sites is 1. The molecule has 0 saturated carbocycles. The normalized spacial score (nSPS) is 13.6. The lowest BCUT2D eigenvalue weighted by Crippen LogP contribution is -2.48. The highest BCUT2D eigenvalue weighted by molar-refractivity contribution is 6.32. The lowest BCUT2D eigenvalue weighted by molar-refractivity contribution is -0.119. The minimum atomic E-state index is -1.60. The van der Waals surface area contributed by atoms with Crippen molar-refractivity contribution in [3.05, 3.63) is 93.5 Å². The van der Waals surface area contributed by atoms with Crippen molar-refractivity contribution in [3.8, 4) is 29.1 Å². The fourth-order valence-corrected chi connectivity index (χ4v) is 4.42. The summed E-state index contributed by atoms with van der Waals surface area (Å²) in [5, 5.41) is 24.9. The van der Waals surface area contributed by atoms with Crippen LogP contribution in [0.25, 0.3) is 0 Å². The number of carbonyl (C=O) groups excluding carboxylic acids is 3. The van der Waals surface area contributed by atoms with Crippen molar-refractivity contribution >= 4 is 47.1 Å². The number of amidine groups is 2. The molecule has 5 N–H and O–H groups in total. The molecule has 46 heavy (non-hydrogen) atoms. The number of nitriles is 1. The van der Waals surface area contributed by atoms with E-state index >= 15 is 0 Å². The monoisotopic (exact) mass is 643 g/mol. The maximum absolute atomic E-state index is 13.5. The molecule has 0 atom stereocenters. The maximum atomic E-state index is 13.5. The molecule has 0 unspecified atom stereocenters. The van der Waals surface area contributed by atoms with Crippen LogP contribution in [0.5, 0.6) is 23.0 Å². The third-order valence-corrected chi connectivity index (χ3v) is 6.62. The summed E-state index contributed by atoms with van der Waals surface area (Å²) in [5.41, 5.74) is 3.97. The highest BCUT2D eigenvalue weighted by atomic mass is 35.5. The number of carboxylic acid groups (broad SMARTS) is 1. The Kier molecular flexibility index (Phi) is 8.56. The average Bonchev–Trinajstić information content (AvgIpc) is 3.02. The van der Waals surface area contributed by atoms with E-state index in [1.807, 2.05) is 6.07 Å². The Morgan fingerprint density at radius 3 is 2.41 bits per heavy atom. The molecule has 3 amide bonds. The van der Waals surface area contributed by atoms with Crippen LogP contribution in [0.4, 0.5) is 0 Å². The van der Waals surface area contributed by atoms with Gasteiger partial charge in [-0.15, -0.1) is 0 Å². The summed E-state index contributed by atoms with van der Waals surface area (Å²) in [5.74, 6) is -5.04. The molecule has 0 aliphatic carbocycles. The van der Waals surface area contributed by atoms with Crippen molar-refractivity contribution in [2.45, 2.75) is 0 Å². The summed E-state index contributed by atoms with van der Waals surface area (Å²) < 4.78 is 17.9. The van der Waals surface area contributed by atoms with Gasteiger partial charge in [-0.3, -0.25) is 24.7 Å². The Hall–Kier alpha value is -6.40. The van der Waals surface area contributed by atoms with Crippen LogP contribution in [0.1, 0.15) is 36.6 Å². The number of aromatic carboxylic acids is 1. The molecule has 0 bridgehead atoms. The van der Waals surface area contributed by atoms with Crippen LogP contribution < -0.4 is 30.6 Å². The predicted molar refractivity (Wildman–Crippen MR) is 162 cm³/mol. The molecule has 2 heterocycles. The number of carbonyl (C=O) groups is 4. The van der Waals surface area contributed by atoms with Gasteiger partial charge < -0.3 is 35.3 Å². The average molecular weight is 644 g/mol. The van der Waals surface area contributed by atoms with Gasteiger partial charge in [-0.05, 0) is 24.3 Å². The predicted octanol–water partition coefficient (Wildman–Crippen LogP) is 2.62. The SMILES string of the molecule is CN(C)C(=O)c1c(Oc2ccccc2)c(OC2=C3NC(=O)CN=C3NC(Oc3cc(C#N)ccc3Cl)=N2)cc(C(=O)O)c1C(N)=O. The number of carboxylic acids is 1. The van der Waals surface area contributed by atoms with E-state index in [-0.39, 0.29) is 57.8 Å². The van der Waals surface area contributed by atoms with Crippen molar-refractivity contribution in [2.24, 2.45) is 15.7 Å². The van der Waals surface area contributed by atoms with Gasteiger partial charge in [0, 0.05) is 26.2 Å². The van der Waals surface area contributed by atoms with Crippen LogP contribution in [-0.4, -0.2) is 66.2 Å². The van der Waals surface area contributed by atoms with Crippen LogP contribution in [-0.2, 0) is 4.79 Å². The van der Waals surface area contributed by atoms with E-state index in [0.29, 0.717) is 0 Å². The van der Waals surface area contributed by atoms with Gasteiger partial charge in [0.1, 0.15) is 18.0 Å². The van der Waals surface area contributed by atoms with Crippen molar-refractivity contribution in [2.75, 3.05) is 20.6 Å². The Morgan fingerprint density at radius 2 is 1.76 bits per heavy atom. The number of rotatable bonds is 8. The number of ether oxygens (including phenoxy) is 3. The summed E-state index contributed by atoms with van der Waals surface area (Å²) in [4.78, 5) is 60.4. The first-order chi connectivity index (χ1) is 22.0. The number of nitrogens with two attached hydrogens (primary N) is 1. The third kappa shape index (κ3) is 6.27. The van der Waals surface area contributed by atoms with E-state index in [1.165, 1.54) is 32.3 Å². The molecule has 3 aromatic carbocycles. The van der Waals surface area contributed by atoms with Crippen LogP contribution in [0.2, 0.25) is 5.02 Å². The first-order valence-electron chi connectivity index (χ1n) is 13.2. The second-order valence-corrected chi connectivity index (χ2v) is 10.1. The lowest BCUT2D eigenvalue weighted by Gasteiger charge is -2.26. The topological polar surface area (TPSA) is 218 Å². The van der Waals surface area contributed by atoms with Gasteiger partial charge in [0.25, 0.3) is 17.7 Å². The zero-order valence-corrected chi connectivity index (χ0v) is 24.7. The van der Waals surface area contributed by atoms with E-state index in [1.54, 1.807) is 30.3 Å². The summed E-state index contributed by atoms with van der Waals surface area (Å²) in [7, 11) is 2.76. The van der Waals surface area contributed by atoms with Gasteiger partial charge in [0.2, 0.25) is 5.91 Å². The quantitative estimate of drug-likeness (QED) is 0.281. The molecule has 0 spiro atoms. The van der Waals surface area contributed by atoms with Crippen LogP contribution in [0.3, 0.4) is 0 Å². The molecule has 2 aliphatic rings. The first kappa shape index (κ1) is 31.0. The molecule has 15 nitrogen and oxygen atoms in total. The highest BCUT2D eigenvalue weighted by Crippen LogP contribution is 2.41. The number of hydrogen-bond donors (Lipinski definition) is 4. The van der Waals surface area contributed by atoms with Crippen LogP contribution >= 0.6 is 11.6 Å². The lowest BCUT2D eigenvalue weighted by atomic mass is 9.97. The standard InChI is InChI=1S/C30H22ClN7O8/c1-38(2)28(41)22-21(25(33)40)16(29(42)43)11-19(24(22)44-15-6-4-3-5-7-15)45-27-23-26(34-13-20(39)35-23)36-30(37-27)46-18-10-14(12-32)8-9-17(18)31/h3-11H,13H2,1-2H3,(H2,33,40)(H,35,39)(H,42,43)(H,34,36,37). The summed E-state index contributed by atoms with van der Waals surface area (Å²) in [6.45, 7) is -0.266. The van der Waals surface area contributed by atoms with Gasteiger partial charge in [-0.2, -0.15) is 10.3 Å². The number of primary amides is 1. The zero-order valence-electron chi connectivity index (χ0n) is 24.0. The summed E-state index contributed by atoms with van der Waals surface area (Å²) in [6, 6.07) is 15.0. The van der Waals surface area contributed by atoms with E-state index in [0.717, 1.165) is 11.0 Å². The van der Waals surface area contributed by atoms with Crippen molar-refractivity contribution in [1.29, 1.82) is 5.26 Å². The molecule has 5 rings (SSSR count). The van der Waals surface area contributed by atoms with Gasteiger partial charge in [0.05, 0.1) is 33.3 Å². The number of amides is 3. The summed E-state index contributed by atoms with van der Waals surface area (Å²) >= 11 is 6.26. The molecule has 2 aliphatic heterocycles. The van der Waals surface area contributed by atoms with Crippen LogP contribution in [0, 0.1) is 11.3 Å². The maximum Gasteiger partial charge on any atom is 0.336 e. The fraction of sp³-hybridized carbons (Fsp3) is 0.100. The second kappa shape index (κ2) is 12.7. The van der Waals surface area contributed by atoms with E-state index < -0.39 is 46.1 Å². The van der Waals surface area contributed by atoms with Gasteiger partial charge in [-0.1, -0.05) is 29.8 Å². The number of benzene rings is 3. The second-order valence-electron chi connectivity index (χ2n) is 9.68. The Morgan fingerprint density at radius 1 is 1.02 bits per heavy atom. The number of nitrogens with zero attached hydrogens (tertiary/aromatic N) is 4. The first-order valence-corrected chi connectivity index (χ1v) is 13.5. The molecule has 0 radical (unpaired) electrons. The molecule has 16 heteroatoms. The minimum Gasteiger partial charge on any atom is -0.478 e. The Bertz CT molecular complexity index is 1950. The van der Waals surface area contributed by atoms with Gasteiger partial charge in [0.15, 0.2) is 23.1 Å². The molecular formula is C30H22ClN7O8. The molecule has 3 aromatic rings. The fourth-order valence-electron chi connectivity index (χ4n) is 4.26. The van der Waals surface area contributed by atoms with E-state index in [9.17, 15) is 29.5 Å². The highest BCUT2D eigenvalue weighted by Gasteiger charge is 2.35. The smallest absolute Gasteiger partial charge is 0.336 e. The van der Waals surface area contributed by atoms with Crippen molar-refractivity contribution < 1.29 is 38.5 Å². The molecule has 0 saturated heterocycles. The van der Waals surface area contributed by atoms with E-state index in [2.05, 4.69) is 20.6 Å². The third-order valence-electron chi connectivity index (χ3n) is 6.30. The Balaban J connectivity index is 1.73.